The van der Waals surface area contributed by atoms with Gasteiger partial charge in [-0.15, -0.1) is 0 Å². The molecule has 4 fully saturated rings. The van der Waals surface area contributed by atoms with E-state index in [4.69, 9.17) is 0 Å². The second kappa shape index (κ2) is 8.39. The van der Waals surface area contributed by atoms with E-state index in [1.807, 2.05) is 91.0 Å². The standard InChI is InChI=1S/C31H33N2O4PS/c1-30(2)23-18-19-31(30)21-39(36,37)33(26(31)20-23)29(34)28-27(22-12-6-3-7-13-22)32(28)38(35,24-14-8-4-9-15-24)25-16-10-5-11-17-25/h3-17,23,26-28H,18-21H2,1-2H3/t23-,26-,27-,28-,31-,32?/m0/s1. The molecule has 39 heavy (non-hydrogen) atoms. The number of carbonyl (C=O) groups excluding carboxylic acids is 1. The third kappa shape index (κ3) is 3.33. The van der Waals surface area contributed by atoms with Crippen molar-refractivity contribution in [2.75, 3.05) is 5.75 Å². The highest BCUT2D eigenvalue weighted by atomic mass is 32.2. The summed E-state index contributed by atoms with van der Waals surface area (Å²) in [5.41, 5.74) is 0.324. The zero-order valence-corrected chi connectivity index (χ0v) is 23.9. The van der Waals surface area contributed by atoms with E-state index < -0.39 is 40.7 Å². The molecular formula is C31H33N2O4PS. The van der Waals surface area contributed by atoms with E-state index in [9.17, 15) is 13.2 Å². The molecule has 7 rings (SSSR count). The minimum Gasteiger partial charge on any atom is -0.296 e. The zero-order valence-electron chi connectivity index (χ0n) is 22.2. The molecule has 0 aromatic heterocycles. The summed E-state index contributed by atoms with van der Waals surface area (Å²) in [5, 5.41) is 1.27. The lowest BCUT2D eigenvalue weighted by molar-refractivity contribution is -0.129. The van der Waals surface area contributed by atoms with Gasteiger partial charge in [0.2, 0.25) is 17.3 Å². The van der Waals surface area contributed by atoms with Crippen LogP contribution in [0.4, 0.5) is 0 Å². The lowest BCUT2D eigenvalue weighted by Gasteiger charge is -2.37. The molecule has 2 saturated carbocycles. The van der Waals surface area contributed by atoms with Crippen molar-refractivity contribution < 1.29 is 17.8 Å². The molecule has 2 bridgehead atoms. The van der Waals surface area contributed by atoms with Crippen molar-refractivity contribution in [2.24, 2.45) is 16.7 Å². The highest BCUT2D eigenvalue weighted by Crippen LogP contribution is 2.71. The van der Waals surface area contributed by atoms with Crippen molar-refractivity contribution in [3.63, 3.8) is 0 Å². The van der Waals surface area contributed by atoms with Crippen molar-refractivity contribution in [2.45, 2.75) is 51.2 Å². The molecule has 3 aromatic rings. The SMILES string of the molecule is CC1(C)[C@H]2CC[C@@]13CS(=O)(=O)N(C(=O)[C@@H]1[C@H](c4ccccc4)N1P(=O)(c1ccccc1)c1ccccc1)[C@H]3C2. The van der Waals surface area contributed by atoms with Gasteiger partial charge in [-0.3, -0.25) is 9.36 Å². The van der Waals surface area contributed by atoms with Gasteiger partial charge >= 0.3 is 0 Å². The third-order valence-corrected chi connectivity index (χ3v) is 15.4. The molecule has 2 saturated heterocycles. The van der Waals surface area contributed by atoms with Crippen LogP contribution >= 0.6 is 7.29 Å². The number of carbonyl (C=O) groups is 1. The zero-order chi connectivity index (χ0) is 27.2. The summed E-state index contributed by atoms with van der Waals surface area (Å²) >= 11 is 0. The molecular weight excluding hydrogens is 527 g/mol. The van der Waals surface area contributed by atoms with Gasteiger partial charge in [-0.25, -0.2) is 17.4 Å². The maximum Gasteiger partial charge on any atom is 0.256 e. The molecule has 0 N–H and O–H groups in total. The average molecular weight is 561 g/mol. The number of rotatable bonds is 5. The quantitative estimate of drug-likeness (QED) is 0.334. The molecule has 1 amide bonds. The molecule has 1 spiro atoms. The highest BCUT2D eigenvalue weighted by molar-refractivity contribution is 7.90. The predicted molar refractivity (Wildman–Crippen MR) is 153 cm³/mol. The van der Waals surface area contributed by atoms with Crippen molar-refractivity contribution in [3.05, 3.63) is 96.6 Å². The maximum atomic E-state index is 15.3. The van der Waals surface area contributed by atoms with Gasteiger partial charge in [0.1, 0.15) is 6.04 Å². The summed E-state index contributed by atoms with van der Waals surface area (Å²) in [6.45, 7) is 4.37. The first kappa shape index (κ1) is 25.3. The summed E-state index contributed by atoms with van der Waals surface area (Å²) in [7, 11) is -7.28. The van der Waals surface area contributed by atoms with Crippen LogP contribution in [0.15, 0.2) is 91.0 Å². The summed E-state index contributed by atoms with van der Waals surface area (Å²) < 4.78 is 45.9. The number of sulfonamides is 1. The number of hydrogen-bond donors (Lipinski definition) is 0. The second-order valence-electron chi connectivity index (χ2n) is 12.2. The van der Waals surface area contributed by atoms with Crippen LogP contribution in [0.5, 0.6) is 0 Å². The molecule has 8 heteroatoms. The van der Waals surface area contributed by atoms with Crippen LogP contribution in [-0.4, -0.2) is 41.1 Å². The molecule has 2 aliphatic carbocycles. The van der Waals surface area contributed by atoms with Crippen molar-refractivity contribution in [1.82, 2.24) is 8.98 Å². The molecule has 3 aromatic carbocycles. The largest absolute Gasteiger partial charge is 0.296 e. The molecule has 6 nitrogen and oxygen atoms in total. The van der Waals surface area contributed by atoms with E-state index in [1.165, 1.54) is 4.31 Å². The number of fused-ring (bicyclic) bond motifs is 1. The number of benzene rings is 3. The van der Waals surface area contributed by atoms with Crippen molar-refractivity contribution >= 4 is 33.8 Å². The van der Waals surface area contributed by atoms with E-state index in [2.05, 4.69) is 13.8 Å². The van der Waals surface area contributed by atoms with Crippen molar-refractivity contribution in [1.29, 1.82) is 0 Å². The Bertz CT molecular complexity index is 1550. The normalized spacial score (nSPS) is 33.6. The number of hydrogen-bond acceptors (Lipinski definition) is 4. The fraction of sp³-hybridized carbons (Fsp3) is 0.387. The van der Waals surface area contributed by atoms with E-state index in [0.29, 0.717) is 16.5 Å². The summed E-state index contributed by atoms with van der Waals surface area (Å²) in [6, 6.07) is 26.5. The molecule has 4 aliphatic rings. The Morgan fingerprint density at radius 3 is 1.95 bits per heavy atom. The van der Waals surface area contributed by atoms with Gasteiger partial charge in [0, 0.05) is 16.0 Å². The summed E-state index contributed by atoms with van der Waals surface area (Å²) in [5.74, 6) is 0.00641. The third-order valence-electron chi connectivity index (χ3n) is 10.3. The molecule has 2 aliphatic heterocycles. The Hall–Kier alpha value is -2.73. The van der Waals surface area contributed by atoms with Crippen LogP contribution in [0.2, 0.25) is 0 Å². The predicted octanol–water partition coefficient (Wildman–Crippen LogP) is 4.71. The lowest BCUT2D eigenvalue weighted by Crippen LogP contribution is -2.46. The molecule has 2 heterocycles. The van der Waals surface area contributed by atoms with Gasteiger partial charge in [-0.1, -0.05) is 80.6 Å². The van der Waals surface area contributed by atoms with E-state index in [1.54, 1.807) is 4.67 Å². The Labute approximate surface area is 230 Å². The van der Waals surface area contributed by atoms with Gasteiger partial charge in [-0.2, -0.15) is 0 Å². The Morgan fingerprint density at radius 1 is 0.872 bits per heavy atom. The van der Waals surface area contributed by atoms with Gasteiger partial charge < -0.3 is 0 Å². The average Bonchev–Trinajstić information content (AvgIpc) is 3.53. The van der Waals surface area contributed by atoms with E-state index in [0.717, 1.165) is 24.8 Å². The topological polar surface area (TPSA) is 74.5 Å². The monoisotopic (exact) mass is 560 g/mol. The van der Waals surface area contributed by atoms with Crippen LogP contribution < -0.4 is 10.6 Å². The molecule has 202 valence electrons. The summed E-state index contributed by atoms with van der Waals surface area (Å²) in [4.78, 5) is 14.5. The van der Waals surface area contributed by atoms with Crippen LogP contribution in [0.1, 0.15) is 44.7 Å². The first-order chi connectivity index (χ1) is 18.6. The minimum atomic E-state index is -3.80. The van der Waals surface area contributed by atoms with Crippen LogP contribution in [0.3, 0.4) is 0 Å². The number of nitrogens with zero attached hydrogens (tertiary/aromatic N) is 2. The van der Waals surface area contributed by atoms with Crippen LogP contribution in [0.25, 0.3) is 0 Å². The van der Waals surface area contributed by atoms with E-state index in [-0.39, 0.29) is 17.2 Å². The van der Waals surface area contributed by atoms with Gasteiger partial charge in [0.05, 0.1) is 17.8 Å². The van der Waals surface area contributed by atoms with Crippen LogP contribution in [-0.2, 0) is 19.4 Å². The first-order valence-electron chi connectivity index (χ1n) is 13.7. The summed E-state index contributed by atoms with van der Waals surface area (Å²) in [6.07, 6.45) is 2.57. The van der Waals surface area contributed by atoms with Gasteiger partial charge in [-0.05, 0) is 60.4 Å². The maximum absolute atomic E-state index is 15.3. The van der Waals surface area contributed by atoms with E-state index >= 15 is 4.57 Å². The fourth-order valence-electron chi connectivity index (χ4n) is 8.19. The van der Waals surface area contributed by atoms with Gasteiger partial charge in [0.25, 0.3) is 5.91 Å². The second-order valence-corrected chi connectivity index (χ2v) is 16.7. The molecule has 1 unspecified atom stereocenters. The fourth-order valence-corrected chi connectivity index (χ4v) is 13.9. The lowest BCUT2D eigenvalue weighted by atomic mass is 9.69. The highest BCUT2D eigenvalue weighted by Gasteiger charge is 2.74. The first-order valence-corrected chi connectivity index (χ1v) is 17.0. The number of amides is 1. The Kier molecular flexibility index (Phi) is 5.43. The minimum absolute atomic E-state index is 0.0255. The van der Waals surface area contributed by atoms with Gasteiger partial charge in [0.15, 0.2) is 0 Å². The Morgan fingerprint density at radius 2 is 1.41 bits per heavy atom. The molecule has 0 radical (unpaired) electrons. The Balaban J connectivity index is 1.36. The van der Waals surface area contributed by atoms with Crippen LogP contribution in [0, 0.1) is 16.7 Å². The molecule has 6 atom stereocenters. The van der Waals surface area contributed by atoms with Crippen molar-refractivity contribution in [3.8, 4) is 0 Å². The smallest absolute Gasteiger partial charge is 0.256 e.